The number of para-hydroxylation sites is 2. The van der Waals surface area contributed by atoms with E-state index in [9.17, 15) is 0 Å². The SMILES string of the molecule is CCCc1nc2ccccc2n1Cc1c(C)c(C)cc(C)c1C. The smallest absolute Gasteiger partial charge is 0.110 e. The summed E-state index contributed by atoms with van der Waals surface area (Å²) in [7, 11) is 0. The number of fused-ring (bicyclic) bond motifs is 1. The van der Waals surface area contributed by atoms with Crippen LogP contribution in [0.25, 0.3) is 11.0 Å². The van der Waals surface area contributed by atoms with Crippen molar-refractivity contribution in [2.24, 2.45) is 0 Å². The highest BCUT2D eigenvalue weighted by atomic mass is 15.1. The summed E-state index contributed by atoms with van der Waals surface area (Å²) >= 11 is 0. The quantitative estimate of drug-likeness (QED) is 0.642. The highest BCUT2D eigenvalue weighted by Gasteiger charge is 2.14. The van der Waals surface area contributed by atoms with Gasteiger partial charge in [0.1, 0.15) is 5.82 Å². The minimum absolute atomic E-state index is 0.913. The van der Waals surface area contributed by atoms with Crippen molar-refractivity contribution in [3.05, 3.63) is 64.0 Å². The van der Waals surface area contributed by atoms with Crippen LogP contribution in [0.5, 0.6) is 0 Å². The monoisotopic (exact) mass is 306 g/mol. The topological polar surface area (TPSA) is 17.8 Å². The van der Waals surface area contributed by atoms with Gasteiger partial charge in [0.25, 0.3) is 0 Å². The third-order valence-corrected chi connectivity index (χ3v) is 5.04. The number of nitrogens with zero attached hydrogens (tertiary/aromatic N) is 2. The normalized spacial score (nSPS) is 11.3. The second-order valence-electron chi connectivity index (χ2n) is 6.59. The number of hydrogen-bond acceptors (Lipinski definition) is 1. The molecule has 0 aliphatic carbocycles. The molecule has 3 rings (SSSR count). The van der Waals surface area contributed by atoms with Gasteiger partial charge in [-0.25, -0.2) is 4.98 Å². The van der Waals surface area contributed by atoms with Gasteiger partial charge in [0.05, 0.1) is 11.0 Å². The van der Waals surface area contributed by atoms with Crippen LogP contribution in [0.2, 0.25) is 0 Å². The van der Waals surface area contributed by atoms with Crippen molar-refractivity contribution < 1.29 is 0 Å². The Kier molecular flexibility index (Phi) is 4.25. The lowest BCUT2D eigenvalue weighted by Crippen LogP contribution is -2.09. The Balaban J connectivity index is 2.17. The Morgan fingerprint density at radius 1 is 0.957 bits per heavy atom. The zero-order valence-electron chi connectivity index (χ0n) is 14.9. The van der Waals surface area contributed by atoms with Gasteiger partial charge in [-0.05, 0) is 74.1 Å². The highest BCUT2D eigenvalue weighted by molar-refractivity contribution is 5.76. The van der Waals surface area contributed by atoms with Crippen LogP contribution >= 0.6 is 0 Å². The zero-order chi connectivity index (χ0) is 16.6. The fourth-order valence-electron chi connectivity index (χ4n) is 3.41. The molecule has 0 bridgehead atoms. The molecule has 0 amide bonds. The molecule has 0 unspecified atom stereocenters. The second-order valence-corrected chi connectivity index (χ2v) is 6.59. The predicted octanol–water partition coefficient (Wildman–Crippen LogP) is 5.27. The molecular weight excluding hydrogens is 280 g/mol. The molecule has 2 nitrogen and oxygen atoms in total. The zero-order valence-corrected chi connectivity index (χ0v) is 14.9. The van der Waals surface area contributed by atoms with E-state index in [0.717, 1.165) is 24.9 Å². The Labute approximate surface area is 139 Å². The van der Waals surface area contributed by atoms with Gasteiger partial charge < -0.3 is 4.57 Å². The van der Waals surface area contributed by atoms with Crippen molar-refractivity contribution in [3.63, 3.8) is 0 Å². The summed E-state index contributed by atoms with van der Waals surface area (Å²) in [5, 5.41) is 0. The van der Waals surface area contributed by atoms with Crippen LogP contribution in [0.15, 0.2) is 30.3 Å². The fourth-order valence-corrected chi connectivity index (χ4v) is 3.41. The van der Waals surface area contributed by atoms with Crippen molar-refractivity contribution in [1.29, 1.82) is 0 Å². The minimum Gasteiger partial charge on any atom is -0.323 e. The van der Waals surface area contributed by atoms with Crippen LogP contribution in [0.4, 0.5) is 0 Å². The summed E-state index contributed by atoms with van der Waals surface area (Å²) in [5.74, 6) is 1.20. The maximum atomic E-state index is 4.87. The van der Waals surface area contributed by atoms with Crippen LogP contribution in [0, 0.1) is 27.7 Å². The summed E-state index contributed by atoms with van der Waals surface area (Å²) in [6, 6.07) is 10.8. The van der Waals surface area contributed by atoms with Gasteiger partial charge in [-0.15, -0.1) is 0 Å². The largest absolute Gasteiger partial charge is 0.323 e. The third kappa shape index (κ3) is 2.78. The molecule has 0 saturated carbocycles. The van der Waals surface area contributed by atoms with Crippen LogP contribution in [-0.2, 0) is 13.0 Å². The molecule has 3 aromatic rings. The number of aryl methyl sites for hydroxylation is 3. The van der Waals surface area contributed by atoms with Gasteiger partial charge in [0.15, 0.2) is 0 Å². The van der Waals surface area contributed by atoms with Crippen LogP contribution in [-0.4, -0.2) is 9.55 Å². The first kappa shape index (κ1) is 15.8. The Morgan fingerprint density at radius 3 is 2.26 bits per heavy atom. The van der Waals surface area contributed by atoms with Crippen molar-refractivity contribution in [3.8, 4) is 0 Å². The van der Waals surface area contributed by atoms with Crippen molar-refractivity contribution >= 4 is 11.0 Å². The first-order valence-corrected chi connectivity index (χ1v) is 8.53. The van der Waals surface area contributed by atoms with Gasteiger partial charge in [-0.2, -0.15) is 0 Å². The Bertz CT molecular complexity index is 830. The van der Waals surface area contributed by atoms with Crippen molar-refractivity contribution in [2.45, 2.75) is 54.0 Å². The number of hydrogen-bond donors (Lipinski definition) is 0. The Morgan fingerprint density at radius 2 is 1.61 bits per heavy atom. The second kappa shape index (κ2) is 6.19. The molecule has 23 heavy (non-hydrogen) atoms. The lowest BCUT2D eigenvalue weighted by Gasteiger charge is -2.17. The van der Waals surface area contributed by atoms with E-state index in [-0.39, 0.29) is 0 Å². The summed E-state index contributed by atoms with van der Waals surface area (Å²) in [6.07, 6.45) is 2.14. The van der Waals surface area contributed by atoms with Crippen LogP contribution < -0.4 is 0 Å². The molecule has 0 atom stereocenters. The number of imidazole rings is 1. The highest BCUT2D eigenvalue weighted by Crippen LogP contribution is 2.25. The van der Waals surface area contributed by atoms with Crippen LogP contribution in [0.1, 0.15) is 47.0 Å². The fraction of sp³-hybridized carbons (Fsp3) is 0.381. The maximum Gasteiger partial charge on any atom is 0.110 e. The van der Waals surface area contributed by atoms with Gasteiger partial charge >= 0.3 is 0 Å². The molecule has 0 aliphatic rings. The molecule has 1 aromatic heterocycles. The van der Waals surface area contributed by atoms with E-state index in [1.165, 1.54) is 39.2 Å². The van der Waals surface area contributed by atoms with Crippen molar-refractivity contribution in [1.82, 2.24) is 9.55 Å². The number of benzene rings is 2. The summed E-state index contributed by atoms with van der Waals surface area (Å²) in [6.45, 7) is 12.0. The molecule has 0 fully saturated rings. The molecule has 2 heteroatoms. The van der Waals surface area contributed by atoms with E-state index >= 15 is 0 Å². The summed E-state index contributed by atoms with van der Waals surface area (Å²) in [5.41, 5.74) is 9.38. The lowest BCUT2D eigenvalue weighted by atomic mass is 9.94. The number of aromatic nitrogens is 2. The Hall–Kier alpha value is -2.09. The summed E-state index contributed by atoms with van der Waals surface area (Å²) in [4.78, 5) is 4.87. The van der Waals surface area contributed by atoms with Crippen molar-refractivity contribution in [2.75, 3.05) is 0 Å². The van der Waals surface area contributed by atoms with E-state index in [0.29, 0.717) is 0 Å². The molecule has 2 aromatic carbocycles. The first-order chi connectivity index (χ1) is 11.0. The van der Waals surface area contributed by atoms with E-state index in [1.807, 2.05) is 0 Å². The molecule has 0 spiro atoms. The van der Waals surface area contributed by atoms with Crippen LogP contribution in [0.3, 0.4) is 0 Å². The lowest BCUT2D eigenvalue weighted by molar-refractivity contribution is 0.716. The predicted molar refractivity (Wildman–Crippen MR) is 98.2 cm³/mol. The average molecular weight is 306 g/mol. The molecule has 120 valence electrons. The van der Waals surface area contributed by atoms with Gasteiger partial charge in [-0.3, -0.25) is 0 Å². The molecule has 0 aliphatic heterocycles. The van der Waals surface area contributed by atoms with E-state index < -0.39 is 0 Å². The molecular formula is C21H26N2. The molecule has 1 heterocycles. The average Bonchev–Trinajstić information content (AvgIpc) is 2.87. The van der Waals surface area contributed by atoms with E-state index in [1.54, 1.807) is 0 Å². The number of rotatable bonds is 4. The molecule has 0 saturated heterocycles. The molecule has 0 N–H and O–H groups in total. The first-order valence-electron chi connectivity index (χ1n) is 8.53. The minimum atomic E-state index is 0.913. The summed E-state index contributed by atoms with van der Waals surface area (Å²) < 4.78 is 2.41. The molecule has 0 radical (unpaired) electrons. The van der Waals surface area contributed by atoms with E-state index in [2.05, 4.69) is 69.5 Å². The van der Waals surface area contributed by atoms with Gasteiger partial charge in [0.2, 0.25) is 0 Å². The van der Waals surface area contributed by atoms with Gasteiger partial charge in [-0.1, -0.05) is 25.1 Å². The van der Waals surface area contributed by atoms with E-state index in [4.69, 9.17) is 4.98 Å². The standard InChI is InChI=1S/C21H26N2/c1-6-9-21-22-19-10-7-8-11-20(19)23(21)13-18-16(4)14(2)12-15(3)17(18)5/h7-8,10-12H,6,9,13H2,1-5H3. The van der Waals surface area contributed by atoms with Gasteiger partial charge in [0, 0.05) is 13.0 Å². The third-order valence-electron chi connectivity index (χ3n) is 5.04. The maximum absolute atomic E-state index is 4.87.